The quantitative estimate of drug-likeness (QED) is 0.708. The molecule has 1 unspecified atom stereocenters. The van der Waals surface area contributed by atoms with E-state index >= 15 is 0 Å². The number of hydrogen-bond donors (Lipinski definition) is 1. The van der Waals surface area contributed by atoms with Crippen molar-refractivity contribution in [2.45, 2.75) is 44.4 Å². The van der Waals surface area contributed by atoms with E-state index in [1.54, 1.807) is 0 Å². The third kappa shape index (κ3) is 4.59. The molecule has 0 aliphatic heterocycles. The Morgan fingerprint density at radius 1 is 1.33 bits per heavy atom. The molecule has 0 amide bonds. The predicted octanol–water partition coefficient (Wildman–Crippen LogP) is 2.49. The molecule has 1 fully saturated rings. The van der Waals surface area contributed by atoms with E-state index in [0.29, 0.717) is 12.3 Å². The van der Waals surface area contributed by atoms with Gasteiger partial charge in [-0.05, 0) is 18.8 Å². The second-order valence-electron chi connectivity index (χ2n) is 3.49. The molecule has 1 rings (SSSR count). The van der Waals surface area contributed by atoms with Gasteiger partial charge < -0.3 is 5.11 Å². The zero-order chi connectivity index (χ0) is 9.19. The standard InChI is InChI=1S/C8H13F3O/c9-8(10,11)4-3-7(12)5-6-1-2-6/h6-7,12H,1-5H2. The molecule has 1 aliphatic carbocycles. The maximum absolute atomic E-state index is 11.7. The first-order chi connectivity index (χ1) is 5.47. The number of aliphatic hydroxyl groups is 1. The van der Waals surface area contributed by atoms with Crippen LogP contribution in [0.3, 0.4) is 0 Å². The van der Waals surface area contributed by atoms with Crippen molar-refractivity contribution >= 4 is 0 Å². The van der Waals surface area contributed by atoms with Crippen molar-refractivity contribution in [3.63, 3.8) is 0 Å². The third-order valence-corrected chi connectivity index (χ3v) is 2.06. The average Bonchev–Trinajstić information content (AvgIpc) is 2.66. The van der Waals surface area contributed by atoms with Crippen LogP contribution in [0.2, 0.25) is 0 Å². The topological polar surface area (TPSA) is 20.2 Å². The fourth-order valence-corrected chi connectivity index (χ4v) is 1.19. The van der Waals surface area contributed by atoms with Crippen LogP contribution in [0.1, 0.15) is 32.1 Å². The first-order valence-corrected chi connectivity index (χ1v) is 4.22. The van der Waals surface area contributed by atoms with E-state index in [9.17, 15) is 13.2 Å². The molecule has 0 radical (unpaired) electrons. The first-order valence-electron chi connectivity index (χ1n) is 4.22. The summed E-state index contributed by atoms with van der Waals surface area (Å²) in [5.74, 6) is 0.494. The SMILES string of the molecule is OC(CCC(F)(F)F)CC1CC1. The maximum atomic E-state index is 11.7. The summed E-state index contributed by atoms with van der Waals surface area (Å²) in [6, 6.07) is 0. The smallest absolute Gasteiger partial charge is 0.389 e. The lowest BCUT2D eigenvalue weighted by Gasteiger charge is -2.11. The molecule has 72 valence electrons. The summed E-state index contributed by atoms with van der Waals surface area (Å²) >= 11 is 0. The Balaban J connectivity index is 2.04. The molecule has 0 aromatic carbocycles. The Kier molecular flexibility index (Phi) is 2.99. The minimum atomic E-state index is -4.12. The summed E-state index contributed by atoms with van der Waals surface area (Å²) in [5, 5.41) is 9.12. The van der Waals surface area contributed by atoms with E-state index in [4.69, 9.17) is 5.11 Å². The number of rotatable bonds is 4. The van der Waals surface area contributed by atoms with Gasteiger partial charge in [-0.2, -0.15) is 13.2 Å². The van der Waals surface area contributed by atoms with Crippen LogP contribution < -0.4 is 0 Å². The van der Waals surface area contributed by atoms with Crippen LogP contribution in [0.15, 0.2) is 0 Å². The second-order valence-corrected chi connectivity index (χ2v) is 3.49. The summed E-state index contributed by atoms with van der Waals surface area (Å²) in [5.41, 5.74) is 0. The number of alkyl halides is 3. The molecule has 12 heavy (non-hydrogen) atoms. The minimum absolute atomic E-state index is 0.139. The average molecular weight is 182 g/mol. The Hall–Kier alpha value is -0.250. The molecule has 0 aromatic rings. The number of halogens is 3. The normalized spacial score (nSPS) is 21.0. The number of aliphatic hydroxyl groups excluding tert-OH is 1. The van der Waals surface area contributed by atoms with Crippen LogP contribution in [-0.4, -0.2) is 17.4 Å². The first kappa shape index (κ1) is 9.84. The minimum Gasteiger partial charge on any atom is -0.393 e. The highest BCUT2D eigenvalue weighted by molar-refractivity contribution is 4.76. The molecule has 0 heterocycles. The van der Waals surface area contributed by atoms with Crippen LogP contribution in [0.4, 0.5) is 13.2 Å². The molecule has 1 aliphatic rings. The Morgan fingerprint density at radius 2 is 1.92 bits per heavy atom. The van der Waals surface area contributed by atoms with E-state index < -0.39 is 18.7 Å². The van der Waals surface area contributed by atoms with Gasteiger partial charge in [-0.1, -0.05) is 12.8 Å². The second kappa shape index (κ2) is 3.64. The Bertz CT molecular complexity index is 140. The summed E-state index contributed by atoms with van der Waals surface area (Å²) in [6.07, 6.45) is -3.17. The third-order valence-electron chi connectivity index (χ3n) is 2.06. The molecule has 1 nitrogen and oxygen atoms in total. The molecule has 0 aromatic heterocycles. The van der Waals surface area contributed by atoms with Crippen molar-refractivity contribution in [2.75, 3.05) is 0 Å². The van der Waals surface area contributed by atoms with Gasteiger partial charge in [0.2, 0.25) is 0 Å². The van der Waals surface area contributed by atoms with Crippen molar-refractivity contribution in [1.29, 1.82) is 0 Å². The summed E-state index contributed by atoms with van der Waals surface area (Å²) < 4.78 is 35.0. The van der Waals surface area contributed by atoms with Crippen LogP contribution in [0.5, 0.6) is 0 Å². The van der Waals surface area contributed by atoms with E-state index in [0.717, 1.165) is 12.8 Å². The van der Waals surface area contributed by atoms with Gasteiger partial charge in [0.05, 0.1) is 6.10 Å². The van der Waals surface area contributed by atoms with Crippen LogP contribution >= 0.6 is 0 Å². The van der Waals surface area contributed by atoms with Crippen molar-refractivity contribution in [1.82, 2.24) is 0 Å². The molecule has 1 N–H and O–H groups in total. The molecule has 0 bridgehead atoms. The van der Waals surface area contributed by atoms with Gasteiger partial charge in [0.25, 0.3) is 0 Å². The van der Waals surface area contributed by atoms with E-state index in [1.807, 2.05) is 0 Å². The van der Waals surface area contributed by atoms with Gasteiger partial charge in [0.15, 0.2) is 0 Å². The largest absolute Gasteiger partial charge is 0.393 e. The van der Waals surface area contributed by atoms with Crippen molar-refractivity contribution < 1.29 is 18.3 Å². The van der Waals surface area contributed by atoms with Crippen LogP contribution in [0.25, 0.3) is 0 Å². The lowest BCUT2D eigenvalue weighted by Crippen LogP contribution is -2.14. The maximum Gasteiger partial charge on any atom is 0.389 e. The van der Waals surface area contributed by atoms with E-state index in [-0.39, 0.29) is 6.42 Å². The summed E-state index contributed by atoms with van der Waals surface area (Å²) in [4.78, 5) is 0. The van der Waals surface area contributed by atoms with Gasteiger partial charge in [0.1, 0.15) is 0 Å². The fourth-order valence-electron chi connectivity index (χ4n) is 1.19. The Labute approximate surface area is 69.6 Å². The lowest BCUT2D eigenvalue weighted by atomic mass is 10.1. The van der Waals surface area contributed by atoms with Crippen LogP contribution in [-0.2, 0) is 0 Å². The van der Waals surface area contributed by atoms with E-state index in [1.165, 1.54) is 0 Å². The van der Waals surface area contributed by atoms with Gasteiger partial charge in [-0.15, -0.1) is 0 Å². The van der Waals surface area contributed by atoms with Gasteiger partial charge in [0, 0.05) is 6.42 Å². The highest BCUT2D eigenvalue weighted by atomic mass is 19.4. The van der Waals surface area contributed by atoms with Gasteiger partial charge >= 0.3 is 6.18 Å². The summed E-state index contributed by atoms with van der Waals surface area (Å²) in [7, 11) is 0. The van der Waals surface area contributed by atoms with Crippen molar-refractivity contribution in [3.05, 3.63) is 0 Å². The number of hydrogen-bond acceptors (Lipinski definition) is 1. The van der Waals surface area contributed by atoms with Crippen molar-refractivity contribution in [2.24, 2.45) is 5.92 Å². The lowest BCUT2D eigenvalue weighted by molar-refractivity contribution is -0.140. The molecule has 4 heteroatoms. The highest BCUT2D eigenvalue weighted by Gasteiger charge is 2.30. The zero-order valence-corrected chi connectivity index (χ0v) is 6.77. The predicted molar refractivity (Wildman–Crippen MR) is 38.6 cm³/mol. The van der Waals surface area contributed by atoms with Crippen molar-refractivity contribution in [3.8, 4) is 0 Å². The highest BCUT2D eigenvalue weighted by Crippen LogP contribution is 2.35. The molecule has 1 saturated carbocycles. The van der Waals surface area contributed by atoms with Gasteiger partial charge in [-0.3, -0.25) is 0 Å². The summed E-state index contributed by atoms with van der Waals surface area (Å²) in [6.45, 7) is 0. The fraction of sp³-hybridized carbons (Fsp3) is 1.00. The van der Waals surface area contributed by atoms with Crippen LogP contribution in [0, 0.1) is 5.92 Å². The monoisotopic (exact) mass is 182 g/mol. The molecular weight excluding hydrogens is 169 g/mol. The molecule has 0 saturated heterocycles. The molecule has 0 spiro atoms. The molecule has 1 atom stereocenters. The van der Waals surface area contributed by atoms with E-state index in [2.05, 4.69) is 0 Å². The Morgan fingerprint density at radius 3 is 2.33 bits per heavy atom. The van der Waals surface area contributed by atoms with Gasteiger partial charge in [-0.25, -0.2) is 0 Å². The molecular formula is C8H13F3O. The zero-order valence-electron chi connectivity index (χ0n) is 6.77.